The number of benzene rings is 1. The normalized spacial score (nSPS) is 19.9. The predicted molar refractivity (Wildman–Crippen MR) is 78.0 cm³/mol. The molecule has 0 bridgehead atoms. The van der Waals surface area contributed by atoms with Gasteiger partial charge < -0.3 is 10.2 Å². The number of nitrogens with one attached hydrogen (secondary N) is 1. The molecule has 0 saturated carbocycles. The van der Waals surface area contributed by atoms with Gasteiger partial charge in [0.15, 0.2) is 0 Å². The number of hydrogen-bond acceptors (Lipinski definition) is 2. The van der Waals surface area contributed by atoms with Gasteiger partial charge in [0.25, 0.3) is 0 Å². The fourth-order valence-electron chi connectivity index (χ4n) is 2.49. The zero-order valence-corrected chi connectivity index (χ0v) is 12.1. The Morgan fingerprint density at radius 2 is 2.06 bits per heavy atom. The van der Waals surface area contributed by atoms with Crippen molar-refractivity contribution in [2.24, 2.45) is 5.41 Å². The summed E-state index contributed by atoms with van der Waals surface area (Å²) in [6, 6.07) is 8.08. The Morgan fingerprint density at radius 3 is 2.72 bits per heavy atom. The van der Waals surface area contributed by atoms with Crippen LogP contribution < -0.4 is 5.32 Å². The highest BCUT2D eigenvalue weighted by Gasteiger charge is 2.28. The quantitative estimate of drug-likeness (QED) is 0.901. The Bertz CT molecular complexity index is 384. The second-order valence-electron chi connectivity index (χ2n) is 5.85. The number of rotatable bonds is 4. The Morgan fingerprint density at radius 1 is 1.33 bits per heavy atom. The van der Waals surface area contributed by atoms with Gasteiger partial charge in [-0.3, -0.25) is 0 Å². The second-order valence-corrected chi connectivity index (χ2v) is 6.28. The van der Waals surface area contributed by atoms with Crippen molar-refractivity contribution in [3.05, 3.63) is 34.9 Å². The molecule has 100 valence electrons. The van der Waals surface area contributed by atoms with Crippen LogP contribution in [0.1, 0.15) is 25.3 Å². The molecule has 1 aliphatic heterocycles. The molecule has 1 aromatic rings. The van der Waals surface area contributed by atoms with Gasteiger partial charge in [0.2, 0.25) is 0 Å². The molecule has 1 N–H and O–H groups in total. The highest BCUT2D eigenvalue weighted by atomic mass is 35.5. The molecule has 0 aliphatic carbocycles. The van der Waals surface area contributed by atoms with E-state index in [1.54, 1.807) is 0 Å². The minimum absolute atomic E-state index is 0.449. The lowest BCUT2D eigenvalue weighted by Crippen LogP contribution is -2.41. The molecule has 1 saturated heterocycles. The zero-order chi connectivity index (χ0) is 13.0. The molecule has 1 aromatic carbocycles. The standard InChI is InChI=1S/C15H23ClN2/c1-15(6-8-18(2)9-7-15)12-17-11-13-4-3-5-14(16)10-13/h3-5,10,17H,6-9,11-12H2,1-2H3. The third-order valence-electron chi connectivity index (χ3n) is 3.96. The molecule has 1 fully saturated rings. The number of halogens is 1. The molecule has 1 aliphatic rings. The van der Waals surface area contributed by atoms with Crippen molar-refractivity contribution in [2.45, 2.75) is 26.3 Å². The highest BCUT2D eigenvalue weighted by molar-refractivity contribution is 6.30. The van der Waals surface area contributed by atoms with E-state index in [1.807, 2.05) is 18.2 Å². The van der Waals surface area contributed by atoms with Crippen LogP contribution in [0, 0.1) is 5.41 Å². The maximum atomic E-state index is 5.98. The van der Waals surface area contributed by atoms with Crippen LogP contribution in [-0.2, 0) is 6.54 Å². The van der Waals surface area contributed by atoms with Crippen molar-refractivity contribution in [2.75, 3.05) is 26.7 Å². The minimum atomic E-state index is 0.449. The largest absolute Gasteiger partial charge is 0.312 e. The first kappa shape index (κ1) is 13.9. The lowest BCUT2D eigenvalue weighted by Gasteiger charge is -2.38. The highest BCUT2D eigenvalue weighted by Crippen LogP contribution is 2.29. The first-order chi connectivity index (χ1) is 8.57. The molecule has 0 amide bonds. The van der Waals surface area contributed by atoms with E-state index in [0.717, 1.165) is 18.1 Å². The summed E-state index contributed by atoms with van der Waals surface area (Å²) in [6.07, 6.45) is 2.57. The number of hydrogen-bond donors (Lipinski definition) is 1. The van der Waals surface area contributed by atoms with E-state index in [-0.39, 0.29) is 0 Å². The molecule has 0 radical (unpaired) electrons. The fraction of sp³-hybridized carbons (Fsp3) is 0.600. The summed E-state index contributed by atoms with van der Waals surface area (Å²) in [6.45, 7) is 6.83. The van der Waals surface area contributed by atoms with E-state index in [1.165, 1.54) is 31.5 Å². The van der Waals surface area contributed by atoms with Gasteiger partial charge in [-0.2, -0.15) is 0 Å². The van der Waals surface area contributed by atoms with Crippen molar-refractivity contribution in [3.8, 4) is 0 Å². The molecule has 0 atom stereocenters. The van der Waals surface area contributed by atoms with E-state index in [4.69, 9.17) is 11.6 Å². The molecule has 0 unspecified atom stereocenters. The lowest BCUT2D eigenvalue weighted by molar-refractivity contribution is 0.137. The van der Waals surface area contributed by atoms with Crippen LogP contribution in [0.25, 0.3) is 0 Å². The summed E-state index contributed by atoms with van der Waals surface area (Å²) in [7, 11) is 2.21. The van der Waals surface area contributed by atoms with Gasteiger partial charge in [0, 0.05) is 18.1 Å². The van der Waals surface area contributed by atoms with E-state index in [2.05, 4.69) is 30.3 Å². The third-order valence-corrected chi connectivity index (χ3v) is 4.20. The summed E-state index contributed by atoms with van der Waals surface area (Å²) in [5.74, 6) is 0. The average Bonchev–Trinajstić information content (AvgIpc) is 2.34. The molecule has 0 spiro atoms. The van der Waals surface area contributed by atoms with E-state index < -0.39 is 0 Å². The molecule has 18 heavy (non-hydrogen) atoms. The molecule has 2 rings (SSSR count). The molecule has 1 heterocycles. The van der Waals surface area contributed by atoms with Crippen LogP contribution in [0.15, 0.2) is 24.3 Å². The van der Waals surface area contributed by atoms with Gasteiger partial charge in [-0.15, -0.1) is 0 Å². The summed E-state index contributed by atoms with van der Waals surface area (Å²) in [5.41, 5.74) is 1.71. The van der Waals surface area contributed by atoms with Crippen LogP contribution in [0.3, 0.4) is 0 Å². The zero-order valence-electron chi connectivity index (χ0n) is 11.4. The molecular formula is C15H23ClN2. The smallest absolute Gasteiger partial charge is 0.0409 e. The van der Waals surface area contributed by atoms with Gasteiger partial charge in [-0.25, -0.2) is 0 Å². The lowest BCUT2D eigenvalue weighted by atomic mass is 9.80. The van der Waals surface area contributed by atoms with E-state index in [9.17, 15) is 0 Å². The predicted octanol–water partition coefficient (Wildman–Crippen LogP) is 3.16. The first-order valence-corrected chi connectivity index (χ1v) is 7.09. The number of likely N-dealkylation sites (tertiary alicyclic amines) is 1. The Labute approximate surface area is 115 Å². The van der Waals surface area contributed by atoms with Crippen molar-refractivity contribution in [1.29, 1.82) is 0 Å². The van der Waals surface area contributed by atoms with Crippen LogP contribution in [0.2, 0.25) is 5.02 Å². The fourth-order valence-corrected chi connectivity index (χ4v) is 2.70. The van der Waals surface area contributed by atoms with Crippen LogP contribution >= 0.6 is 11.6 Å². The second kappa shape index (κ2) is 6.05. The third kappa shape index (κ3) is 3.98. The summed E-state index contributed by atoms with van der Waals surface area (Å²) in [4.78, 5) is 2.42. The van der Waals surface area contributed by atoms with Crippen LogP contribution in [0.5, 0.6) is 0 Å². The summed E-state index contributed by atoms with van der Waals surface area (Å²) >= 11 is 5.98. The van der Waals surface area contributed by atoms with Gasteiger partial charge in [0.1, 0.15) is 0 Å². The van der Waals surface area contributed by atoms with Crippen LogP contribution in [0.4, 0.5) is 0 Å². The minimum Gasteiger partial charge on any atom is -0.312 e. The first-order valence-electron chi connectivity index (χ1n) is 6.71. The Kier molecular flexibility index (Phi) is 4.66. The van der Waals surface area contributed by atoms with Gasteiger partial charge in [-0.1, -0.05) is 30.7 Å². The topological polar surface area (TPSA) is 15.3 Å². The summed E-state index contributed by atoms with van der Waals surface area (Å²) in [5, 5.41) is 4.40. The Hall–Kier alpha value is -0.570. The molecular weight excluding hydrogens is 244 g/mol. The van der Waals surface area contributed by atoms with Gasteiger partial charge in [0.05, 0.1) is 0 Å². The SMILES string of the molecule is CN1CCC(C)(CNCc2cccc(Cl)c2)CC1. The molecule has 2 nitrogen and oxygen atoms in total. The Balaban J connectivity index is 1.78. The van der Waals surface area contributed by atoms with Crippen LogP contribution in [-0.4, -0.2) is 31.6 Å². The van der Waals surface area contributed by atoms with E-state index >= 15 is 0 Å². The molecule has 0 aromatic heterocycles. The number of piperidine rings is 1. The monoisotopic (exact) mass is 266 g/mol. The maximum Gasteiger partial charge on any atom is 0.0409 e. The number of nitrogens with zero attached hydrogens (tertiary/aromatic N) is 1. The molecule has 3 heteroatoms. The van der Waals surface area contributed by atoms with Gasteiger partial charge >= 0.3 is 0 Å². The summed E-state index contributed by atoms with van der Waals surface area (Å²) < 4.78 is 0. The van der Waals surface area contributed by atoms with Crippen molar-refractivity contribution in [3.63, 3.8) is 0 Å². The average molecular weight is 267 g/mol. The van der Waals surface area contributed by atoms with E-state index in [0.29, 0.717) is 5.41 Å². The van der Waals surface area contributed by atoms with Gasteiger partial charge in [-0.05, 0) is 56.1 Å². The van der Waals surface area contributed by atoms with Crippen molar-refractivity contribution in [1.82, 2.24) is 10.2 Å². The van der Waals surface area contributed by atoms with Crippen molar-refractivity contribution >= 4 is 11.6 Å². The van der Waals surface area contributed by atoms with Crippen molar-refractivity contribution < 1.29 is 0 Å². The maximum absolute atomic E-state index is 5.98.